The second-order valence-corrected chi connectivity index (χ2v) is 4.47. The van der Waals surface area contributed by atoms with E-state index >= 15 is 0 Å². The first-order chi connectivity index (χ1) is 8.93. The van der Waals surface area contributed by atoms with Crippen molar-refractivity contribution in [3.8, 4) is 17.2 Å². The fourth-order valence-electron chi connectivity index (χ4n) is 2.28. The highest BCUT2D eigenvalue weighted by Gasteiger charge is 2.18. The molecule has 96 valence electrons. The van der Waals surface area contributed by atoms with Gasteiger partial charge in [-0.1, -0.05) is 0 Å². The van der Waals surface area contributed by atoms with Crippen LogP contribution in [0.4, 0.5) is 8.78 Å². The summed E-state index contributed by atoms with van der Waals surface area (Å²) in [6.45, 7) is 5.33. The van der Waals surface area contributed by atoms with Gasteiger partial charge >= 0.3 is 0 Å². The first-order valence-corrected chi connectivity index (χ1v) is 5.78. The zero-order chi connectivity index (χ0) is 14.2. The molecule has 1 heterocycles. The van der Waals surface area contributed by atoms with Crippen LogP contribution in [0.3, 0.4) is 0 Å². The van der Waals surface area contributed by atoms with Gasteiger partial charge in [0.25, 0.3) is 0 Å². The molecule has 0 spiro atoms. The first kappa shape index (κ1) is 13.2. The Morgan fingerprint density at radius 3 is 2.05 bits per heavy atom. The summed E-state index contributed by atoms with van der Waals surface area (Å²) in [5, 5.41) is 8.70. The molecule has 2 aromatic rings. The molecule has 1 aromatic heterocycles. The number of hydrogen-bond acceptors (Lipinski definition) is 2. The number of pyridine rings is 1. The third-order valence-electron chi connectivity index (χ3n) is 2.95. The Bertz CT molecular complexity index is 654. The van der Waals surface area contributed by atoms with Crippen molar-refractivity contribution in [3.63, 3.8) is 0 Å². The summed E-state index contributed by atoms with van der Waals surface area (Å²) in [6.07, 6.45) is 0. The minimum atomic E-state index is -0.742. The summed E-state index contributed by atoms with van der Waals surface area (Å²) in [4.78, 5) is 4.24. The Kier molecular flexibility index (Phi) is 3.30. The minimum absolute atomic E-state index is 0.0332. The lowest BCUT2D eigenvalue weighted by Crippen LogP contribution is -2.00. The van der Waals surface area contributed by atoms with E-state index in [1.807, 2.05) is 6.92 Å². The lowest BCUT2D eigenvalue weighted by atomic mass is 9.96. The molecule has 1 aromatic carbocycles. The molecular formula is C15H12F2N2. The van der Waals surface area contributed by atoms with Gasteiger partial charge in [0.05, 0.1) is 17.2 Å². The van der Waals surface area contributed by atoms with Crippen LogP contribution >= 0.6 is 0 Å². The molecule has 2 rings (SSSR count). The Hall–Kier alpha value is -2.28. The van der Waals surface area contributed by atoms with Gasteiger partial charge < -0.3 is 0 Å². The van der Waals surface area contributed by atoms with Crippen molar-refractivity contribution in [1.29, 1.82) is 5.26 Å². The van der Waals surface area contributed by atoms with Crippen molar-refractivity contribution in [2.45, 2.75) is 20.8 Å². The van der Waals surface area contributed by atoms with E-state index in [4.69, 9.17) is 5.26 Å². The molecule has 0 atom stereocenters. The highest BCUT2D eigenvalue weighted by Crippen LogP contribution is 2.32. The van der Waals surface area contributed by atoms with E-state index in [9.17, 15) is 8.78 Å². The first-order valence-electron chi connectivity index (χ1n) is 5.78. The summed E-state index contributed by atoms with van der Waals surface area (Å²) in [5.74, 6) is -1.48. The van der Waals surface area contributed by atoms with Gasteiger partial charge in [-0.15, -0.1) is 0 Å². The fraction of sp³-hybridized carbons (Fsp3) is 0.200. The largest absolute Gasteiger partial charge is 0.258 e. The van der Waals surface area contributed by atoms with Gasteiger partial charge in [-0.2, -0.15) is 5.26 Å². The van der Waals surface area contributed by atoms with E-state index in [1.165, 1.54) is 0 Å². The molecule has 0 saturated carbocycles. The highest BCUT2D eigenvalue weighted by molar-refractivity contribution is 5.71. The maximum absolute atomic E-state index is 14.0. The Labute approximate surface area is 110 Å². The second kappa shape index (κ2) is 4.77. The molecule has 0 bridgehead atoms. The van der Waals surface area contributed by atoms with Gasteiger partial charge in [-0.05, 0) is 44.5 Å². The van der Waals surface area contributed by atoms with E-state index in [-0.39, 0.29) is 11.1 Å². The third-order valence-corrected chi connectivity index (χ3v) is 2.95. The normalized spacial score (nSPS) is 10.3. The smallest absolute Gasteiger partial charge is 0.135 e. The molecule has 0 aliphatic rings. The number of hydrogen-bond donors (Lipinski definition) is 0. The Morgan fingerprint density at radius 2 is 1.58 bits per heavy atom. The Morgan fingerprint density at radius 1 is 1.00 bits per heavy atom. The SMILES string of the molecule is Cc1cc(C)c(-c2c(F)cc(C#N)cc2F)c(C)n1. The van der Waals surface area contributed by atoms with Gasteiger partial charge in [0.15, 0.2) is 0 Å². The number of aromatic nitrogens is 1. The van der Waals surface area contributed by atoms with E-state index in [2.05, 4.69) is 4.98 Å². The minimum Gasteiger partial charge on any atom is -0.258 e. The van der Waals surface area contributed by atoms with Crippen molar-refractivity contribution >= 4 is 0 Å². The van der Waals surface area contributed by atoms with E-state index in [0.29, 0.717) is 11.3 Å². The van der Waals surface area contributed by atoms with Crippen molar-refractivity contribution in [1.82, 2.24) is 4.98 Å². The van der Waals surface area contributed by atoms with Crippen LogP contribution in [-0.4, -0.2) is 4.98 Å². The number of nitrogens with zero attached hydrogens (tertiary/aromatic N) is 2. The number of halogens is 2. The van der Waals surface area contributed by atoms with Crippen molar-refractivity contribution < 1.29 is 8.78 Å². The lowest BCUT2D eigenvalue weighted by molar-refractivity contribution is 0.588. The Balaban J connectivity index is 2.77. The number of aryl methyl sites for hydroxylation is 3. The molecular weight excluding hydrogens is 246 g/mol. The van der Waals surface area contributed by atoms with Crippen LogP contribution < -0.4 is 0 Å². The molecule has 19 heavy (non-hydrogen) atoms. The van der Waals surface area contributed by atoms with Crippen LogP contribution in [0.5, 0.6) is 0 Å². The number of nitriles is 1. The molecule has 0 saturated heterocycles. The van der Waals surface area contributed by atoms with Crippen LogP contribution in [-0.2, 0) is 0 Å². The summed E-state index contributed by atoms with van der Waals surface area (Å²) < 4.78 is 28.1. The predicted molar refractivity (Wildman–Crippen MR) is 68.5 cm³/mol. The number of rotatable bonds is 1. The monoisotopic (exact) mass is 258 g/mol. The van der Waals surface area contributed by atoms with Crippen LogP contribution in [0.1, 0.15) is 22.5 Å². The van der Waals surface area contributed by atoms with Gasteiger partial charge in [0.2, 0.25) is 0 Å². The summed E-state index contributed by atoms with van der Waals surface area (Å²) in [7, 11) is 0. The molecule has 0 N–H and O–H groups in total. The molecule has 0 unspecified atom stereocenters. The van der Waals surface area contributed by atoms with Gasteiger partial charge in [0, 0.05) is 17.0 Å². The molecule has 4 heteroatoms. The predicted octanol–water partition coefficient (Wildman–Crippen LogP) is 3.82. The molecule has 0 aliphatic carbocycles. The van der Waals surface area contributed by atoms with Crippen LogP contribution in [0, 0.1) is 43.7 Å². The zero-order valence-corrected chi connectivity index (χ0v) is 10.9. The maximum atomic E-state index is 14.0. The van der Waals surface area contributed by atoms with Crippen LogP contribution in [0.15, 0.2) is 18.2 Å². The quantitative estimate of drug-likeness (QED) is 0.779. The van der Waals surface area contributed by atoms with Crippen molar-refractivity contribution in [2.24, 2.45) is 0 Å². The van der Waals surface area contributed by atoms with Gasteiger partial charge in [0.1, 0.15) is 11.6 Å². The molecule has 0 fully saturated rings. The molecule has 2 nitrogen and oxygen atoms in total. The van der Waals surface area contributed by atoms with E-state index < -0.39 is 11.6 Å². The standard InChI is InChI=1S/C15H12F2N2/c1-8-4-9(2)19-10(3)14(8)15-12(16)5-11(7-18)6-13(15)17/h4-6H,1-3H3. The second-order valence-electron chi connectivity index (χ2n) is 4.47. The van der Waals surface area contributed by atoms with Crippen LogP contribution in [0.2, 0.25) is 0 Å². The lowest BCUT2D eigenvalue weighted by Gasteiger charge is -2.12. The topological polar surface area (TPSA) is 36.7 Å². The highest BCUT2D eigenvalue weighted by atomic mass is 19.1. The third kappa shape index (κ3) is 2.32. The van der Waals surface area contributed by atoms with Crippen molar-refractivity contribution in [2.75, 3.05) is 0 Å². The van der Waals surface area contributed by atoms with Crippen LogP contribution in [0.25, 0.3) is 11.1 Å². The summed E-state index contributed by atoms with van der Waals surface area (Å²) >= 11 is 0. The summed E-state index contributed by atoms with van der Waals surface area (Å²) in [5.41, 5.74) is 2.42. The fourth-order valence-corrected chi connectivity index (χ4v) is 2.28. The zero-order valence-electron chi connectivity index (χ0n) is 10.9. The summed E-state index contributed by atoms with van der Waals surface area (Å²) in [6, 6.07) is 5.58. The van der Waals surface area contributed by atoms with Gasteiger partial charge in [-0.25, -0.2) is 8.78 Å². The van der Waals surface area contributed by atoms with Crippen molar-refractivity contribution in [3.05, 3.63) is 52.3 Å². The van der Waals surface area contributed by atoms with Gasteiger partial charge in [-0.3, -0.25) is 4.98 Å². The average Bonchev–Trinajstić information content (AvgIpc) is 2.31. The average molecular weight is 258 g/mol. The molecule has 0 aliphatic heterocycles. The van der Waals surface area contributed by atoms with E-state index in [1.54, 1.807) is 26.0 Å². The maximum Gasteiger partial charge on any atom is 0.135 e. The van der Waals surface area contributed by atoms with E-state index in [0.717, 1.165) is 23.4 Å². The number of benzene rings is 1. The molecule has 0 amide bonds. The molecule has 0 radical (unpaired) electrons.